The molecule has 3 heteroatoms. The second-order valence-corrected chi connectivity index (χ2v) is 4.38. The van der Waals surface area contributed by atoms with E-state index < -0.39 is 0 Å². The molecule has 1 aromatic rings. The van der Waals surface area contributed by atoms with E-state index in [0.717, 1.165) is 18.6 Å². The minimum absolute atomic E-state index is 0.226. The standard InChI is InChI=1S/C17H22O3/c1-4-7-14(8-5-6-9-17(18)20-3)15-10-12-16(19-2)13-11-15/h5-6,8,10-13H,4,7,9H2,1-3H3/b6-5+,14-8+. The molecule has 0 N–H and O–H groups in total. The van der Waals surface area contributed by atoms with Crippen molar-refractivity contribution in [2.45, 2.75) is 26.2 Å². The maximum absolute atomic E-state index is 11.0. The Bertz CT molecular complexity index is 470. The van der Waals surface area contributed by atoms with Crippen molar-refractivity contribution in [3.8, 4) is 5.75 Å². The molecule has 1 aromatic carbocycles. The molecule has 0 spiro atoms. The van der Waals surface area contributed by atoms with Crippen LogP contribution in [0.1, 0.15) is 31.7 Å². The molecule has 0 amide bonds. The van der Waals surface area contributed by atoms with Crippen molar-refractivity contribution in [3.63, 3.8) is 0 Å². The van der Waals surface area contributed by atoms with E-state index in [4.69, 9.17) is 4.74 Å². The zero-order valence-electron chi connectivity index (χ0n) is 12.4. The van der Waals surface area contributed by atoms with Gasteiger partial charge in [0.15, 0.2) is 0 Å². The molecule has 20 heavy (non-hydrogen) atoms. The molecule has 0 aliphatic heterocycles. The van der Waals surface area contributed by atoms with Crippen LogP contribution in [0.15, 0.2) is 42.5 Å². The van der Waals surface area contributed by atoms with Crippen LogP contribution in [0.4, 0.5) is 0 Å². The first-order valence-electron chi connectivity index (χ1n) is 6.78. The number of esters is 1. The number of carbonyl (C=O) groups is 1. The summed E-state index contributed by atoms with van der Waals surface area (Å²) in [4.78, 5) is 11.0. The first-order chi connectivity index (χ1) is 9.71. The topological polar surface area (TPSA) is 35.5 Å². The van der Waals surface area contributed by atoms with E-state index in [1.54, 1.807) is 7.11 Å². The molecule has 0 aliphatic carbocycles. The quantitative estimate of drug-likeness (QED) is 0.557. The van der Waals surface area contributed by atoms with Crippen LogP contribution in [-0.4, -0.2) is 20.2 Å². The highest BCUT2D eigenvalue weighted by Gasteiger charge is 2.00. The molecular weight excluding hydrogens is 252 g/mol. The fourth-order valence-corrected chi connectivity index (χ4v) is 1.83. The molecule has 0 heterocycles. The zero-order valence-corrected chi connectivity index (χ0v) is 12.4. The lowest BCUT2D eigenvalue weighted by molar-refractivity contribution is -0.139. The first kappa shape index (κ1) is 16.0. The van der Waals surface area contributed by atoms with Crippen LogP contribution in [-0.2, 0) is 9.53 Å². The summed E-state index contributed by atoms with van der Waals surface area (Å²) in [5, 5.41) is 0. The van der Waals surface area contributed by atoms with E-state index in [9.17, 15) is 4.79 Å². The maximum Gasteiger partial charge on any atom is 0.309 e. The molecular formula is C17H22O3. The first-order valence-corrected chi connectivity index (χ1v) is 6.78. The number of allylic oxidation sites excluding steroid dienone is 3. The zero-order chi connectivity index (χ0) is 14.8. The van der Waals surface area contributed by atoms with Gasteiger partial charge in [-0.1, -0.05) is 43.7 Å². The monoisotopic (exact) mass is 274 g/mol. The summed E-state index contributed by atoms with van der Waals surface area (Å²) >= 11 is 0. The molecule has 0 atom stereocenters. The van der Waals surface area contributed by atoms with Gasteiger partial charge in [0.05, 0.1) is 20.6 Å². The van der Waals surface area contributed by atoms with Crippen molar-refractivity contribution < 1.29 is 14.3 Å². The highest BCUT2D eigenvalue weighted by atomic mass is 16.5. The lowest BCUT2D eigenvalue weighted by Crippen LogP contribution is -1.96. The van der Waals surface area contributed by atoms with Crippen molar-refractivity contribution in [1.29, 1.82) is 0 Å². The van der Waals surface area contributed by atoms with Crippen molar-refractivity contribution in [2.24, 2.45) is 0 Å². The molecule has 0 unspecified atom stereocenters. The van der Waals surface area contributed by atoms with Gasteiger partial charge in [-0.2, -0.15) is 0 Å². The van der Waals surface area contributed by atoms with Crippen LogP contribution >= 0.6 is 0 Å². The van der Waals surface area contributed by atoms with E-state index in [0.29, 0.717) is 6.42 Å². The highest BCUT2D eigenvalue weighted by molar-refractivity contribution is 5.71. The Labute approximate surface area is 120 Å². The van der Waals surface area contributed by atoms with Gasteiger partial charge in [0.2, 0.25) is 0 Å². The Kier molecular flexibility index (Phi) is 7.18. The number of benzene rings is 1. The molecule has 0 aromatic heterocycles. The van der Waals surface area contributed by atoms with Crippen LogP contribution in [0.5, 0.6) is 5.75 Å². The highest BCUT2D eigenvalue weighted by Crippen LogP contribution is 2.22. The normalized spacial score (nSPS) is 11.7. The van der Waals surface area contributed by atoms with E-state index in [1.807, 2.05) is 30.4 Å². The van der Waals surface area contributed by atoms with E-state index in [-0.39, 0.29) is 5.97 Å². The van der Waals surface area contributed by atoms with Gasteiger partial charge in [-0.15, -0.1) is 0 Å². The van der Waals surface area contributed by atoms with Crippen LogP contribution in [0, 0.1) is 0 Å². The summed E-state index contributed by atoms with van der Waals surface area (Å²) in [5.74, 6) is 0.627. The average molecular weight is 274 g/mol. The number of carbonyl (C=O) groups excluding carboxylic acids is 1. The molecule has 0 aliphatic rings. The number of methoxy groups -OCH3 is 2. The number of hydrogen-bond donors (Lipinski definition) is 0. The number of ether oxygens (including phenoxy) is 2. The molecule has 108 valence electrons. The van der Waals surface area contributed by atoms with Gasteiger partial charge in [0.1, 0.15) is 5.75 Å². The third-order valence-electron chi connectivity index (χ3n) is 2.93. The lowest BCUT2D eigenvalue weighted by atomic mass is 10.0. The Morgan fingerprint density at radius 3 is 2.45 bits per heavy atom. The van der Waals surface area contributed by atoms with Crippen molar-refractivity contribution in [2.75, 3.05) is 14.2 Å². The maximum atomic E-state index is 11.0. The summed E-state index contributed by atoms with van der Waals surface area (Å²) in [6.07, 6.45) is 8.14. The van der Waals surface area contributed by atoms with E-state index in [1.165, 1.54) is 18.2 Å². The summed E-state index contributed by atoms with van der Waals surface area (Å²) in [6.45, 7) is 2.15. The lowest BCUT2D eigenvalue weighted by Gasteiger charge is -2.07. The summed E-state index contributed by atoms with van der Waals surface area (Å²) < 4.78 is 9.75. The van der Waals surface area contributed by atoms with E-state index >= 15 is 0 Å². The van der Waals surface area contributed by atoms with Crippen LogP contribution in [0.3, 0.4) is 0 Å². The van der Waals surface area contributed by atoms with Crippen LogP contribution in [0.2, 0.25) is 0 Å². The second kappa shape index (κ2) is 8.97. The average Bonchev–Trinajstić information content (AvgIpc) is 2.50. The van der Waals surface area contributed by atoms with Crippen molar-refractivity contribution in [3.05, 3.63) is 48.1 Å². The smallest absolute Gasteiger partial charge is 0.309 e. The number of hydrogen-bond acceptors (Lipinski definition) is 3. The van der Waals surface area contributed by atoms with Gasteiger partial charge in [0.25, 0.3) is 0 Å². The van der Waals surface area contributed by atoms with Crippen molar-refractivity contribution >= 4 is 11.5 Å². The SMILES string of the molecule is CCC/C(=C\C=C\CC(=O)OC)c1ccc(OC)cc1. The molecule has 0 saturated heterocycles. The third kappa shape index (κ3) is 5.31. The summed E-state index contributed by atoms with van der Waals surface area (Å²) in [6, 6.07) is 8.01. The van der Waals surface area contributed by atoms with E-state index in [2.05, 4.69) is 23.8 Å². The summed E-state index contributed by atoms with van der Waals surface area (Å²) in [5.41, 5.74) is 2.42. The predicted molar refractivity (Wildman–Crippen MR) is 81.7 cm³/mol. The fourth-order valence-electron chi connectivity index (χ4n) is 1.83. The van der Waals surface area contributed by atoms with Gasteiger partial charge < -0.3 is 9.47 Å². The Hall–Kier alpha value is -2.03. The Morgan fingerprint density at radius 2 is 1.90 bits per heavy atom. The molecule has 0 bridgehead atoms. The van der Waals surface area contributed by atoms with Crippen molar-refractivity contribution in [1.82, 2.24) is 0 Å². The third-order valence-corrected chi connectivity index (χ3v) is 2.93. The second-order valence-electron chi connectivity index (χ2n) is 4.38. The van der Waals surface area contributed by atoms with Gasteiger partial charge in [0, 0.05) is 0 Å². The molecule has 0 fully saturated rings. The summed E-state index contributed by atoms with van der Waals surface area (Å²) in [7, 11) is 3.05. The van der Waals surface area contributed by atoms with Gasteiger partial charge in [-0.3, -0.25) is 4.79 Å². The Morgan fingerprint density at radius 1 is 1.20 bits per heavy atom. The van der Waals surface area contributed by atoms with Gasteiger partial charge in [-0.25, -0.2) is 0 Å². The molecule has 0 saturated carbocycles. The largest absolute Gasteiger partial charge is 0.497 e. The minimum atomic E-state index is -0.226. The molecule has 3 nitrogen and oxygen atoms in total. The number of rotatable bonds is 7. The predicted octanol–water partition coefficient (Wildman–Crippen LogP) is 4.00. The van der Waals surface area contributed by atoms with Gasteiger partial charge in [-0.05, 0) is 29.7 Å². The minimum Gasteiger partial charge on any atom is -0.497 e. The fraction of sp³-hybridized carbons (Fsp3) is 0.353. The molecule has 1 rings (SSSR count). The van der Waals surface area contributed by atoms with Crippen LogP contribution in [0.25, 0.3) is 5.57 Å². The Balaban J connectivity index is 2.78. The van der Waals surface area contributed by atoms with Gasteiger partial charge >= 0.3 is 5.97 Å². The molecule has 0 radical (unpaired) electrons. The van der Waals surface area contributed by atoms with Crippen LogP contribution < -0.4 is 4.74 Å².